The molecule has 5 heteroatoms. The zero-order chi connectivity index (χ0) is 15.7. The van der Waals surface area contributed by atoms with Crippen LogP contribution in [0.1, 0.15) is 57.0 Å². The molecule has 1 aliphatic heterocycles. The predicted molar refractivity (Wildman–Crippen MR) is 82.7 cm³/mol. The molecule has 2 aliphatic rings. The quantitative estimate of drug-likeness (QED) is 0.841. The van der Waals surface area contributed by atoms with Gasteiger partial charge in [0.2, 0.25) is 0 Å². The highest BCUT2D eigenvalue weighted by Crippen LogP contribution is 2.39. The van der Waals surface area contributed by atoms with Gasteiger partial charge in [-0.15, -0.1) is 0 Å². The van der Waals surface area contributed by atoms with E-state index in [1.807, 2.05) is 32.9 Å². The topological polar surface area (TPSA) is 51.7 Å². The Kier molecular flexibility index (Phi) is 4.08. The minimum Gasteiger partial charge on any atom is -0.444 e. The fraction of sp³-hybridized carbons (Fsp3) is 0.647. The van der Waals surface area contributed by atoms with E-state index < -0.39 is 5.60 Å². The minimum absolute atomic E-state index is 0.167. The zero-order valence-corrected chi connectivity index (χ0v) is 13.5. The highest BCUT2D eigenvalue weighted by atomic mass is 16.6. The van der Waals surface area contributed by atoms with Crippen molar-refractivity contribution in [3.8, 4) is 0 Å². The monoisotopic (exact) mass is 304 g/mol. The number of carbonyl (C=O) groups is 1. The molecule has 1 atom stereocenters. The van der Waals surface area contributed by atoms with Crippen LogP contribution >= 0.6 is 0 Å². The Morgan fingerprint density at radius 3 is 2.73 bits per heavy atom. The van der Waals surface area contributed by atoms with Gasteiger partial charge in [-0.2, -0.15) is 0 Å². The molecule has 22 heavy (non-hydrogen) atoms. The molecule has 3 rings (SSSR count). The fourth-order valence-electron chi connectivity index (χ4n) is 2.58. The Morgan fingerprint density at radius 2 is 2.05 bits per heavy atom. The number of morpholine rings is 1. The summed E-state index contributed by atoms with van der Waals surface area (Å²) in [6, 6.07) is 6.09. The van der Waals surface area contributed by atoms with E-state index in [9.17, 15) is 4.79 Å². The number of aromatic nitrogens is 1. The average molecular weight is 304 g/mol. The largest absolute Gasteiger partial charge is 0.444 e. The summed E-state index contributed by atoms with van der Waals surface area (Å²) in [5, 5.41) is 0. The van der Waals surface area contributed by atoms with Crippen LogP contribution < -0.4 is 0 Å². The number of pyridine rings is 1. The second-order valence-electron chi connectivity index (χ2n) is 7.05. The summed E-state index contributed by atoms with van der Waals surface area (Å²) < 4.78 is 11.3. The van der Waals surface area contributed by atoms with Crippen LogP contribution in [-0.2, 0) is 9.47 Å². The van der Waals surface area contributed by atoms with Gasteiger partial charge < -0.3 is 14.4 Å². The minimum atomic E-state index is -0.477. The van der Waals surface area contributed by atoms with Crippen LogP contribution in [0.25, 0.3) is 0 Å². The smallest absolute Gasteiger partial charge is 0.410 e. The summed E-state index contributed by atoms with van der Waals surface area (Å²) in [6.07, 6.45) is 2.01. The van der Waals surface area contributed by atoms with Crippen LogP contribution in [0.4, 0.5) is 4.79 Å². The van der Waals surface area contributed by atoms with Gasteiger partial charge in [-0.05, 0) is 45.7 Å². The molecule has 0 N–H and O–H groups in total. The van der Waals surface area contributed by atoms with Crippen molar-refractivity contribution >= 4 is 6.09 Å². The Hall–Kier alpha value is -1.62. The summed E-state index contributed by atoms with van der Waals surface area (Å²) in [5.74, 6) is 0.616. The molecule has 0 radical (unpaired) electrons. The third-order valence-electron chi connectivity index (χ3n) is 3.84. The molecule has 1 aromatic heterocycles. The molecule has 2 heterocycles. The van der Waals surface area contributed by atoms with Gasteiger partial charge in [-0.3, -0.25) is 4.98 Å². The molecule has 1 aromatic rings. The molecule has 1 aliphatic carbocycles. The van der Waals surface area contributed by atoms with Crippen molar-refractivity contribution in [2.45, 2.75) is 51.2 Å². The summed E-state index contributed by atoms with van der Waals surface area (Å²) in [7, 11) is 0. The predicted octanol–water partition coefficient (Wildman–Crippen LogP) is 3.27. The van der Waals surface area contributed by atoms with Gasteiger partial charge in [0.15, 0.2) is 0 Å². The molecule has 0 bridgehead atoms. The van der Waals surface area contributed by atoms with Crippen LogP contribution in [0.3, 0.4) is 0 Å². The molecule has 5 nitrogen and oxygen atoms in total. The summed E-state index contributed by atoms with van der Waals surface area (Å²) in [5.41, 5.74) is 1.59. The lowest BCUT2D eigenvalue weighted by Gasteiger charge is -2.34. The van der Waals surface area contributed by atoms with E-state index in [1.54, 1.807) is 4.90 Å². The van der Waals surface area contributed by atoms with Crippen molar-refractivity contribution in [1.82, 2.24) is 9.88 Å². The third-order valence-corrected chi connectivity index (χ3v) is 3.84. The summed E-state index contributed by atoms with van der Waals surface area (Å²) in [4.78, 5) is 18.6. The van der Waals surface area contributed by atoms with E-state index in [4.69, 9.17) is 14.5 Å². The van der Waals surface area contributed by atoms with Gasteiger partial charge in [-0.1, -0.05) is 6.07 Å². The number of nitrogens with zero attached hydrogens (tertiary/aromatic N) is 2. The van der Waals surface area contributed by atoms with Crippen LogP contribution in [0.15, 0.2) is 18.2 Å². The SMILES string of the molecule is CC(C)(C)OC(=O)N1CCO[C@@H](c2cccc(C3CC3)n2)C1. The fourth-order valence-corrected chi connectivity index (χ4v) is 2.58. The van der Waals surface area contributed by atoms with Gasteiger partial charge in [0.05, 0.1) is 18.8 Å². The first-order valence-electron chi connectivity index (χ1n) is 7.99. The number of rotatable bonds is 2. The normalized spacial score (nSPS) is 22.5. The Morgan fingerprint density at radius 1 is 1.32 bits per heavy atom. The lowest BCUT2D eigenvalue weighted by molar-refractivity contribution is -0.0447. The first-order chi connectivity index (χ1) is 10.4. The first-order valence-corrected chi connectivity index (χ1v) is 7.99. The van der Waals surface area contributed by atoms with E-state index >= 15 is 0 Å². The summed E-state index contributed by atoms with van der Waals surface area (Å²) in [6.45, 7) is 7.21. The van der Waals surface area contributed by atoms with Gasteiger partial charge in [0.1, 0.15) is 11.7 Å². The zero-order valence-electron chi connectivity index (χ0n) is 13.5. The van der Waals surface area contributed by atoms with Crippen molar-refractivity contribution in [3.63, 3.8) is 0 Å². The third kappa shape index (κ3) is 3.77. The second-order valence-corrected chi connectivity index (χ2v) is 7.05. The highest BCUT2D eigenvalue weighted by Gasteiger charge is 2.31. The van der Waals surface area contributed by atoms with Crippen molar-refractivity contribution in [2.75, 3.05) is 19.7 Å². The lowest BCUT2D eigenvalue weighted by Crippen LogP contribution is -2.44. The van der Waals surface area contributed by atoms with Crippen molar-refractivity contribution in [3.05, 3.63) is 29.6 Å². The molecule has 0 spiro atoms. The van der Waals surface area contributed by atoms with Gasteiger partial charge in [0.25, 0.3) is 0 Å². The average Bonchev–Trinajstić information content (AvgIpc) is 3.30. The Balaban J connectivity index is 1.67. The number of amides is 1. The number of hydrogen-bond acceptors (Lipinski definition) is 4. The van der Waals surface area contributed by atoms with Crippen LogP contribution in [0.2, 0.25) is 0 Å². The first kappa shape index (κ1) is 15.3. The molecule has 0 unspecified atom stereocenters. The Bertz CT molecular complexity index is 549. The van der Waals surface area contributed by atoms with Gasteiger partial charge in [-0.25, -0.2) is 4.79 Å². The molecule has 0 aromatic carbocycles. The van der Waals surface area contributed by atoms with Crippen molar-refractivity contribution in [2.24, 2.45) is 0 Å². The van der Waals surface area contributed by atoms with Crippen LogP contribution in [-0.4, -0.2) is 41.3 Å². The van der Waals surface area contributed by atoms with E-state index in [0.717, 1.165) is 11.4 Å². The van der Waals surface area contributed by atoms with Crippen molar-refractivity contribution in [1.29, 1.82) is 0 Å². The van der Waals surface area contributed by atoms with Gasteiger partial charge >= 0.3 is 6.09 Å². The van der Waals surface area contributed by atoms with E-state index in [2.05, 4.69) is 6.07 Å². The standard InChI is InChI=1S/C17H24N2O3/c1-17(2,3)22-16(20)19-9-10-21-15(11-19)14-6-4-5-13(18-14)12-7-8-12/h4-6,12,15H,7-11H2,1-3H3/t15-/m1/s1. The number of hydrogen-bond donors (Lipinski definition) is 0. The van der Waals surface area contributed by atoms with E-state index in [-0.39, 0.29) is 12.2 Å². The molecule has 1 saturated heterocycles. The lowest BCUT2D eigenvalue weighted by atomic mass is 10.1. The van der Waals surface area contributed by atoms with Gasteiger partial charge in [0, 0.05) is 18.2 Å². The number of ether oxygens (including phenoxy) is 2. The number of carbonyl (C=O) groups excluding carboxylic acids is 1. The molecular formula is C17H24N2O3. The molecule has 1 amide bonds. The molecule has 120 valence electrons. The molecule has 2 fully saturated rings. The maximum Gasteiger partial charge on any atom is 0.410 e. The Labute approximate surface area is 131 Å². The molecule has 1 saturated carbocycles. The maximum atomic E-state index is 12.2. The van der Waals surface area contributed by atoms with E-state index in [0.29, 0.717) is 25.6 Å². The van der Waals surface area contributed by atoms with Crippen LogP contribution in [0.5, 0.6) is 0 Å². The van der Waals surface area contributed by atoms with Crippen molar-refractivity contribution < 1.29 is 14.3 Å². The molecular weight excluding hydrogens is 280 g/mol. The maximum absolute atomic E-state index is 12.2. The second kappa shape index (κ2) is 5.88. The van der Waals surface area contributed by atoms with Crippen LogP contribution in [0, 0.1) is 0 Å². The highest BCUT2D eigenvalue weighted by molar-refractivity contribution is 5.68. The summed E-state index contributed by atoms with van der Waals surface area (Å²) >= 11 is 0. The van der Waals surface area contributed by atoms with E-state index in [1.165, 1.54) is 12.8 Å².